The van der Waals surface area contributed by atoms with Crippen molar-refractivity contribution >= 4 is 21.6 Å². The first-order chi connectivity index (χ1) is 14.3. The molecule has 2 aromatic rings. The molecule has 0 saturated carbocycles. The van der Waals surface area contributed by atoms with Gasteiger partial charge < -0.3 is 19.5 Å². The molecule has 0 spiro atoms. The molecule has 0 aliphatic heterocycles. The van der Waals surface area contributed by atoms with Crippen molar-refractivity contribution in [3.05, 3.63) is 48.0 Å². The second-order valence-electron chi connectivity index (χ2n) is 6.44. The van der Waals surface area contributed by atoms with Crippen molar-refractivity contribution in [2.45, 2.75) is 18.7 Å². The Hall–Kier alpha value is -2.78. The van der Waals surface area contributed by atoms with Gasteiger partial charge in [0.15, 0.2) is 0 Å². The number of methoxy groups -OCH3 is 2. The molecule has 0 atom stereocenters. The number of ether oxygens (including phenoxy) is 3. The van der Waals surface area contributed by atoms with E-state index in [9.17, 15) is 13.2 Å². The smallest absolute Gasteiger partial charge is 0.268 e. The number of hydrogen-bond donors (Lipinski definition) is 1. The molecule has 164 valence electrons. The van der Waals surface area contributed by atoms with Crippen LogP contribution in [-0.4, -0.2) is 54.8 Å². The van der Waals surface area contributed by atoms with Crippen LogP contribution in [0.2, 0.25) is 0 Å². The minimum atomic E-state index is -4.09. The predicted octanol–water partition coefficient (Wildman–Crippen LogP) is 2.36. The van der Waals surface area contributed by atoms with Gasteiger partial charge in [-0.15, -0.1) is 0 Å². The summed E-state index contributed by atoms with van der Waals surface area (Å²) in [4.78, 5) is 12.4. The number of anilines is 1. The highest BCUT2D eigenvalue weighted by Crippen LogP contribution is 2.31. The van der Waals surface area contributed by atoms with Crippen LogP contribution in [0.4, 0.5) is 5.69 Å². The van der Waals surface area contributed by atoms with Crippen LogP contribution in [0.5, 0.6) is 11.5 Å². The van der Waals surface area contributed by atoms with Crippen LogP contribution in [0, 0.1) is 6.92 Å². The molecule has 0 radical (unpaired) electrons. The van der Waals surface area contributed by atoms with E-state index in [-0.39, 0.29) is 17.2 Å². The number of nitrogens with one attached hydrogen (secondary N) is 1. The van der Waals surface area contributed by atoms with Gasteiger partial charge in [-0.05, 0) is 55.8 Å². The zero-order valence-electron chi connectivity index (χ0n) is 17.7. The van der Waals surface area contributed by atoms with Gasteiger partial charge >= 0.3 is 0 Å². The molecular weight excluding hydrogens is 408 g/mol. The van der Waals surface area contributed by atoms with Crippen molar-refractivity contribution in [1.29, 1.82) is 0 Å². The zero-order chi connectivity index (χ0) is 22.1. The molecule has 9 heteroatoms. The molecule has 0 heterocycles. The van der Waals surface area contributed by atoms with Gasteiger partial charge in [-0.2, -0.15) is 0 Å². The van der Waals surface area contributed by atoms with Crippen LogP contribution in [0.3, 0.4) is 0 Å². The Labute approximate surface area is 177 Å². The van der Waals surface area contributed by atoms with E-state index in [0.29, 0.717) is 24.7 Å². The third-order valence-electron chi connectivity index (χ3n) is 4.24. The molecule has 2 aromatic carbocycles. The number of benzene rings is 2. The summed E-state index contributed by atoms with van der Waals surface area (Å²) >= 11 is 0. The molecule has 2 rings (SSSR count). The highest BCUT2D eigenvalue weighted by molar-refractivity contribution is 7.93. The number of nitrogens with zero attached hydrogens (tertiary/aromatic N) is 1. The lowest BCUT2D eigenvalue weighted by atomic mass is 10.2. The van der Waals surface area contributed by atoms with E-state index < -0.39 is 22.5 Å². The van der Waals surface area contributed by atoms with E-state index in [1.54, 1.807) is 43.3 Å². The minimum Gasteiger partial charge on any atom is -0.495 e. The lowest BCUT2D eigenvalue weighted by molar-refractivity contribution is -0.119. The summed E-state index contributed by atoms with van der Waals surface area (Å²) < 4.78 is 43.8. The van der Waals surface area contributed by atoms with E-state index in [1.807, 2.05) is 6.92 Å². The second-order valence-corrected chi connectivity index (χ2v) is 8.27. The maximum atomic E-state index is 13.6. The molecule has 1 N–H and O–H groups in total. The molecule has 0 saturated heterocycles. The van der Waals surface area contributed by atoms with Gasteiger partial charge in [-0.1, -0.05) is 6.07 Å². The van der Waals surface area contributed by atoms with Crippen molar-refractivity contribution in [2.75, 3.05) is 44.8 Å². The molecule has 0 aromatic heterocycles. The Morgan fingerprint density at radius 3 is 2.40 bits per heavy atom. The number of carbonyl (C=O) groups excluding carboxylic acids is 1. The molecule has 0 unspecified atom stereocenters. The van der Waals surface area contributed by atoms with Crippen LogP contribution in [0.25, 0.3) is 0 Å². The van der Waals surface area contributed by atoms with Gasteiger partial charge in [0.05, 0.1) is 26.0 Å². The van der Waals surface area contributed by atoms with Gasteiger partial charge in [0.1, 0.15) is 22.9 Å². The maximum Gasteiger partial charge on any atom is 0.268 e. The summed E-state index contributed by atoms with van der Waals surface area (Å²) in [5.41, 5.74) is 1.09. The van der Waals surface area contributed by atoms with Gasteiger partial charge in [0.25, 0.3) is 10.0 Å². The average molecular weight is 437 g/mol. The average Bonchev–Trinajstić information content (AvgIpc) is 2.73. The molecular formula is C21H28N2O6S. The third-order valence-corrected chi connectivity index (χ3v) is 6.03. The van der Waals surface area contributed by atoms with Gasteiger partial charge in [-0.25, -0.2) is 8.42 Å². The van der Waals surface area contributed by atoms with Crippen molar-refractivity contribution in [3.63, 3.8) is 0 Å². The van der Waals surface area contributed by atoms with E-state index >= 15 is 0 Å². The Kier molecular flexibility index (Phi) is 8.49. The highest BCUT2D eigenvalue weighted by atomic mass is 32.2. The summed E-state index contributed by atoms with van der Waals surface area (Å²) in [6, 6.07) is 11.4. The van der Waals surface area contributed by atoms with E-state index in [2.05, 4.69) is 5.32 Å². The van der Waals surface area contributed by atoms with Crippen molar-refractivity contribution in [2.24, 2.45) is 0 Å². The SMILES string of the molecule is CCOc1ccc(N(CC(=O)NCCOC)S(=O)(=O)c2cc(C)ccc2OC)cc1. The van der Waals surface area contributed by atoms with Gasteiger partial charge in [-0.3, -0.25) is 9.10 Å². The van der Waals surface area contributed by atoms with E-state index in [0.717, 1.165) is 9.87 Å². The van der Waals surface area contributed by atoms with Crippen molar-refractivity contribution in [3.8, 4) is 11.5 Å². The lowest BCUT2D eigenvalue weighted by Crippen LogP contribution is -2.41. The maximum absolute atomic E-state index is 13.6. The number of carbonyl (C=O) groups is 1. The number of sulfonamides is 1. The number of hydrogen-bond acceptors (Lipinski definition) is 6. The van der Waals surface area contributed by atoms with E-state index in [4.69, 9.17) is 14.2 Å². The molecule has 30 heavy (non-hydrogen) atoms. The molecule has 0 fully saturated rings. The Morgan fingerprint density at radius 2 is 1.80 bits per heavy atom. The monoisotopic (exact) mass is 436 g/mol. The topological polar surface area (TPSA) is 94.2 Å². The molecule has 0 aliphatic rings. The van der Waals surface area contributed by atoms with Crippen LogP contribution in [0.1, 0.15) is 12.5 Å². The van der Waals surface area contributed by atoms with Crippen molar-refractivity contribution in [1.82, 2.24) is 5.32 Å². The van der Waals surface area contributed by atoms with Crippen LogP contribution < -0.4 is 19.1 Å². The standard InChI is InChI=1S/C21H28N2O6S/c1-5-29-18-9-7-17(8-10-18)23(15-21(24)22-12-13-27-3)30(25,26)20-14-16(2)6-11-19(20)28-4/h6-11,14H,5,12-13,15H2,1-4H3,(H,22,24). The first kappa shape index (κ1) is 23.5. The van der Waals surface area contributed by atoms with E-state index in [1.165, 1.54) is 20.3 Å². The normalized spacial score (nSPS) is 11.1. The highest BCUT2D eigenvalue weighted by Gasteiger charge is 2.30. The number of aryl methyl sites for hydroxylation is 1. The molecule has 8 nitrogen and oxygen atoms in total. The quantitative estimate of drug-likeness (QED) is 0.544. The van der Waals surface area contributed by atoms with Crippen LogP contribution in [-0.2, 0) is 19.6 Å². The Balaban J connectivity index is 2.46. The fourth-order valence-corrected chi connectivity index (χ4v) is 4.44. The Bertz CT molecular complexity index is 944. The Morgan fingerprint density at radius 1 is 1.10 bits per heavy atom. The second kappa shape index (κ2) is 10.8. The lowest BCUT2D eigenvalue weighted by Gasteiger charge is -2.25. The van der Waals surface area contributed by atoms with Crippen LogP contribution in [0.15, 0.2) is 47.4 Å². The van der Waals surface area contributed by atoms with Gasteiger partial charge in [0, 0.05) is 13.7 Å². The first-order valence-electron chi connectivity index (χ1n) is 9.49. The minimum absolute atomic E-state index is 0.0106. The summed E-state index contributed by atoms with van der Waals surface area (Å²) in [6.45, 7) is 4.35. The summed E-state index contributed by atoms with van der Waals surface area (Å²) in [5, 5.41) is 2.65. The zero-order valence-corrected chi connectivity index (χ0v) is 18.5. The van der Waals surface area contributed by atoms with Gasteiger partial charge in [0.2, 0.25) is 5.91 Å². The molecule has 0 aliphatic carbocycles. The number of rotatable bonds is 11. The third kappa shape index (κ3) is 5.87. The van der Waals surface area contributed by atoms with Crippen LogP contribution >= 0.6 is 0 Å². The number of amides is 1. The fourth-order valence-electron chi connectivity index (χ4n) is 2.77. The first-order valence-corrected chi connectivity index (χ1v) is 10.9. The fraction of sp³-hybridized carbons (Fsp3) is 0.381. The predicted molar refractivity (Wildman–Crippen MR) is 115 cm³/mol. The molecule has 1 amide bonds. The summed E-state index contributed by atoms with van der Waals surface area (Å²) in [5.74, 6) is 0.365. The summed E-state index contributed by atoms with van der Waals surface area (Å²) in [7, 11) is -1.17. The largest absolute Gasteiger partial charge is 0.495 e. The summed E-state index contributed by atoms with van der Waals surface area (Å²) in [6.07, 6.45) is 0. The molecule has 0 bridgehead atoms. The van der Waals surface area contributed by atoms with Crippen molar-refractivity contribution < 1.29 is 27.4 Å².